The van der Waals surface area contributed by atoms with E-state index in [-0.39, 0.29) is 0 Å². The Morgan fingerprint density at radius 1 is 1.08 bits per heavy atom. The molecule has 0 aromatic heterocycles. The Balaban J connectivity index is 2.56. The summed E-state index contributed by atoms with van der Waals surface area (Å²) in [6.45, 7) is 0. The van der Waals surface area contributed by atoms with Gasteiger partial charge in [0.25, 0.3) is 0 Å². The van der Waals surface area contributed by atoms with E-state index in [0.717, 1.165) is 0 Å². The molecule has 0 radical (unpaired) electrons. The molecule has 1 heterocycles. The van der Waals surface area contributed by atoms with Crippen molar-refractivity contribution in [3.8, 4) is 0 Å². The van der Waals surface area contributed by atoms with Crippen LogP contribution < -0.4 is 3.93 Å². The van der Waals surface area contributed by atoms with Crippen LogP contribution in [0, 0.1) is 0 Å². The number of allylic oxidation sites excluding steroid dienone is 2. The van der Waals surface area contributed by atoms with E-state index in [1.54, 1.807) is 0 Å². The van der Waals surface area contributed by atoms with Gasteiger partial charge in [-0.15, -0.1) is 0 Å². The molecule has 2 heteroatoms. The lowest BCUT2D eigenvalue weighted by Gasteiger charge is -2.11. The van der Waals surface area contributed by atoms with Crippen LogP contribution in [-0.2, 0) is 0 Å². The van der Waals surface area contributed by atoms with E-state index in [1.807, 2.05) is 34.4 Å². The molecule has 0 N–H and O–H groups in total. The summed E-state index contributed by atoms with van der Waals surface area (Å²) in [5.41, 5.74) is 2.39. The third-order valence-corrected chi connectivity index (χ3v) is 2.39. The summed E-state index contributed by atoms with van der Waals surface area (Å²) in [5, 5.41) is 0. The standard InChI is InChI=1S/C10H8BrN/c11-12-8-4-3-6-9-5-1-2-7-10(9)12/h1-8H. The smallest absolute Gasteiger partial charge is 0.0590 e. The summed E-state index contributed by atoms with van der Waals surface area (Å²) in [6.07, 6.45) is 8.09. The van der Waals surface area contributed by atoms with Crippen LogP contribution >= 0.6 is 16.1 Å². The quantitative estimate of drug-likeness (QED) is 0.608. The van der Waals surface area contributed by atoms with Crippen molar-refractivity contribution in [1.29, 1.82) is 0 Å². The van der Waals surface area contributed by atoms with Crippen molar-refractivity contribution in [3.05, 3.63) is 48.2 Å². The number of fused-ring (bicyclic) bond motifs is 1. The number of para-hydroxylation sites is 1. The molecule has 0 unspecified atom stereocenters. The summed E-state index contributed by atoms with van der Waals surface area (Å²) in [7, 11) is 0. The fourth-order valence-corrected chi connectivity index (χ4v) is 1.65. The topological polar surface area (TPSA) is 3.24 Å². The fraction of sp³-hybridized carbons (Fsp3) is 0. The molecule has 0 spiro atoms. The van der Waals surface area contributed by atoms with E-state index >= 15 is 0 Å². The minimum atomic E-state index is 1.17. The van der Waals surface area contributed by atoms with Gasteiger partial charge in [0.1, 0.15) is 0 Å². The van der Waals surface area contributed by atoms with Gasteiger partial charge in [0.2, 0.25) is 0 Å². The SMILES string of the molecule is BrN1C=CC=Cc2ccccc21. The lowest BCUT2D eigenvalue weighted by molar-refractivity contribution is 1.46. The number of hydrogen-bond donors (Lipinski definition) is 0. The summed E-state index contributed by atoms with van der Waals surface area (Å²) in [5.74, 6) is 0. The molecule has 0 saturated carbocycles. The number of halogens is 1. The molecule has 1 nitrogen and oxygen atoms in total. The van der Waals surface area contributed by atoms with Gasteiger partial charge in [-0.25, -0.2) is 0 Å². The maximum atomic E-state index is 3.44. The van der Waals surface area contributed by atoms with Crippen molar-refractivity contribution in [1.82, 2.24) is 0 Å². The Hall–Kier alpha value is -1.02. The summed E-state index contributed by atoms with van der Waals surface area (Å²) >= 11 is 3.44. The maximum absolute atomic E-state index is 3.44. The molecule has 0 saturated heterocycles. The van der Waals surface area contributed by atoms with Crippen LogP contribution in [0.1, 0.15) is 5.56 Å². The van der Waals surface area contributed by atoms with Crippen LogP contribution in [0.15, 0.2) is 42.6 Å². The monoisotopic (exact) mass is 221 g/mol. The van der Waals surface area contributed by atoms with Crippen molar-refractivity contribution < 1.29 is 0 Å². The van der Waals surface area contributed by atoms with Crippen LogP contribution in [0.5, 0.6) is 0 Å². The van der Waals surface area contributed by atoms with Crippen molar-refractivity contribution in [3.63, 3.8) is 0 Å². The Labute approximate surface area is 80.3 Å². The zero-order valence-corrected chi connectivity index (χ0v) is 8.03. The summed E-state index contributed by atoms with van der Waals surface area (Å²) in [6, 6.07) is 8.23. The van der Waals surface area contributed by atoms with Crippen LogP contribution in [0.25, 0.3) is 6.08 Å². The summed E-state index contributed by atoms with van der Waals surface area (Å²) in [4.78, 5) is 0. The van der Waals surface area contributed by atoms with Gasteiger partial charge in [-0.05, 0) is 17.7 Å². The molecule has 12 heavy (non-hydrogen) atoms. The molecule has 1 aliphatic rings. The molecule has 0 aliphatic carbocycles. The van der Waals surface area contributed by atoms with Crippen molar-refractivity contribution in [2.24, 2.45) is 0 Å². The van der Waals surface area contributed by atoms with Gasteiger partial charge in [0.15, 0.2) is 0 Å². The highest BCUT2D eigenvalue weighted by molar-refractivity contribution is 9.10. The first kappa shape index (κ1) is 7.62. The Morgan fingerprint density at radius 2 is 1.92 bits per heavy atom. The lowest BCUT2D eigenvalue weighted by atomic mass is 10.2. The Kier molecular flexibility index (Phi) is 2.00. The van der Waals surface area contributed by atoms with E-state index in [9.17, 15) is 0 Å². The largest absolute Gasteiger partial charge is 0.284 e. The van der Waals surface area contributed by atoms with Crippen molar-refractivity contribution >= 4 is 27.9 Å². The van der Waals surface area contributed by atoms with E-state index in [0.29, 0.717) is 0 Å². The maximum Gasteiger partial charge on any atom is 0.0590 e. The van der Waals surface area contributed by atoms with E-state index in [4.69, 9.17) is 0 Å². The van der Waals surface area contributed by atoms with Crippen LogP contribution in [0.3, 0.4) is 0 Å². The average molecular weight is 222 g/mol. The predicted molar refractivity (Wildman–Crippen MR) is 56.0 cm³/mol. The summed E-state index contributed by atoms with van der Waals surface area (Å²) < 4.78 is 1.93. The third kappa shape index (κ3) is 1.30. The second kappa shape index (κ2) is 3.15. The van der Waals surface area contributed by atoms with Gasteiger partial charge in [0.05, 0.1) is 21.8 Å². The number of anilines is 1. The normalized spacial score (nSPS) is 14.2. The number of benzene rings is 1. The van der Waals surface area contributed by atoms with Crippen LogP contribution in [0.4, 0.5) is 5.69 Å². The number of nitrogens with zero attached hydrogens (tertiary/aromatic N) is 1. The number of rotatable bonds is 0. The molecule has 1 aliphatic heterocycles. The van der Waals surface area contributed by atoms with Crippen molar-refractivity contribution in [2.75, 3.05) is 3.93 Å². The molecule has 0 bridgehead atoms. The predicted octanol–water partition coefficient (Wildman–Crippen LogP) is 3.34. The molecule has 0 amide bonds. The molecule has 2 rings (SSSR count). The number of hydrogen-bond acceptors (Lipinski definition) is 1. The average Bonchev–Trinajstić information content (AvgIpc) is 2.29. The molecular formula is C10H8BrN. The molecule has 0 atom stereocenters. The highest BCUT2D eigenvalue weighted by Gasteiger charge is 2.04. The first-order valence-corrected chi connectivity index (χ1v) is 4.48. The molecule has 0 fully saturated rings. The second-order valence-corrected chi connectivity index (χ2v) is 3.33. The second-order valence-electron chi connectivity index (χ2n) is 2.57. The van der Waals surface area contributed by atoms with E-state index in [2.05, 4.69) is 34.4 Å². The minimum Gasteiger partial charge on any atom is -0.284 e. The third-order valence-electron chi connectivity index (χ3n) is 1.77. The van der Waals surface area contributed by atoms with Crippen LogP contribution in [0.2, 0.25) is 0 Å². The van der Waals surface area contributed by atoms with Crippen LogP contribution in [-0.4, -0.2) is 0 Å². The molecule has 1 aromatic rings. The highest BCUT2D eigenvalue weighted by Crippen LogP contribution is 2.26. The van der Waals surface area contributed by atoms with Gasteiger partial charge >= 0.3 is 0 Å². The minimum absolute atomic E-state index is 1.17. The zero-order valence-electron chi connectivity index (χ0n) is 6.44. The van der Waals surface area contributed by atoms with Gasteiger partial charge in [0, 0.05) is 6.20 Å². The Morgan fingerprint density at radius 3 is 2.83 bits per heavy atom. The van der Waals surface area contributed by atoms with E-state index < -0.39 is 0 Å². The molecule has 60 valence electrons. The highest BCUT2D eigenvalue weighted by atomic mass is 79.9. The van der Waals surface area contributed by atoms with Gasteiger partial charge < -0.3 is 0 Å². The zero-order chi connectivity index (χ0) is 8.39. The first-order chi connectivity index (χ1) is 5.88. The lowest BCUT2D eigenvalue weighted by Crippen LogP contribution is -1.98. The molecular weight excluding hydrogens is 214 g/mol. The van der Waals surface area contributed by atoms with E-state index in [1.165, 1.54) is 11.3 Å². The molecule has 1 aromatic carbocycles. The van der Waals surface area contributed by atoms with Gasteiger partial charge in [-0.3, -0.25) is 3.93 Å². The Bertz CT molecular complexity index is 341. The van der Waals surface area contributed by atoms with Gasteiger partial charge in [-0.1, -0.05) is 30.4 Å². The van der Waals surface area contributed by atoms with Crippen molar-refractivity contribution in [2.45, 2.75) is 0 Å². The fourth-order valence-electron chi connectivity index (χ4n) is 1.19. The van der Waals surface area contributed by atoms with Gasteiger partial charge in [-0.2, -0.15) is 0 Å². The first-order valence-electron chi connectivity index (χ1n) is 3.77.